The zero-order valence-corrected chi connectivity index (χ0v) is 56.8. The van der Waals surface area contributed by atoms with Gasteiger partial charge in [0.2, 0.25) is 22.1 Å². The molecule has 0 amide bonds. The minimum Gasteiger partial charge on any atom is -0.545 e. The summed E-state index contributed by atoms with van der Waals surface area (Å²) in [5, 5.41) is 52.0. The van der Waals surface area contributed by atoms with E-state index in [9.17, 15) is 19.8 Å². The molecule has 10 heteroatoms. The van der Waals surface area contributed by atoms with Gasteiger partial charge in [0.1, 0.15) is 22.7 Å². The van der Waals surface area contributed by atoms with Gasteiger partial charge in [-0.2, -0.15) is 0 Å². The third-order valence-electron chi connectivity index (χ3n) is 20.3. The van der Waals surface area contributed by atoms with Gasteiger partial charge in [0.25, 0.3) is 0 Å². The van der Waals surface area contributed by atoms with Crippen LogP contribution in [0.3, 0.4) is 0 Å². The first-order valence-electron chi connectivity index (χ1n) is 35.1. The fraction of sp³-hybridized carbons (Fsp3) is 0.0204. The SMILES string of the molecule is C.C.O=C(O)c1ccccc1-c1c2ccc(=[NH+]c3ccc4cc5ccccc5cc4c3)cc-2oc2cc(Nc3ccc4cc5ccccc5cc4c3)ccc12.O=C([O-])c1ccccc1-c1c2ccc(=[NH+]c3ccc4cc5ccccc5cc4c3)cc-2oc2cc(Nc3ccc4cc5ccccc5cc4c3)ccc12. The van der Waals surface area contributed by atoms with Crippen molar-refractivity contribution in [2.45, 2.75) is 14.9 Å². The highest BCUT2D eigenvalue weighted by Gasteiger charge is 2.24. The standard InChI is InChI=1S/2C48H30N2O3.2CH4/c2*51-48(52)42-12-6-5-11-41(42)47-43-19-17-39(49-37-15-13-33-21-29-7-1-3-9-31(29)23-35(33)25-37)27-45(43)53-46-28-40(18-20-44(46)47)50-38-16-14-34-22-30-8-2-4-10-32(30)24-36(34)26-38;;/h2*1-28,49H,(H,51,52);2*1H4/p+1. The highest BCUT2D eigenvalue weighted by Crippen LogP contribution is 2.45. The van der Waals surface area contributed by atoms with Gasteiger partial charge in [-0.3, -0.25) is 0 Å². The Morgan fingerprint density at radius 2 is 0.593 bits per heavy atom. The summed E-state index contributed by atoms with van der Waals surface area (Å²) in [6, 6.07) is 115. The van der Waals surface area contributed by atoms with Gasteiger partial charge in [0.05, 0.1) is 23.7 Å². The van der Waals surface area contributed by atoms with Crippen LogP contribution in [-0.4, -0.2) is 17.0 Å². The van der Waals surface area contributed by atoms with Gasteiger partial charge < -0.3 is 34.5 Å². The van der Waals surface area contributed by atoms with Gasteiger partial charge in [-0.15, -0.1) is 0 Å². The number of aromatic carboxylic acids is 2. The minimum absolute atomic E-state index is 0. The van der Waals surface area contributed by atoms with E-state index in [0.717, 1.165) is 99.4 Å². The highest BCUT2D eigenvalue weighted by molar-refractivity contribution is 6.11. The van der Waals surface area contributed by atoms with Crippen molar-refractivity contribution in [1.29, 1.82) is 0 Å². The molecule has 0 saturated heterocycles. The second kappa shape index (κ2) is 27.6. The van der Waals surface area contributed by atoms with E-state index in [1.54, 1.807) is 24.3 Å². The lowest BCUT2D eigenvalue weighted by Gasteiger charge is -2.18. The fourth-order valence-corrected chi connectivity index (χ4v) is 15.2. The molecule has 0 bridgehead atoms. The molecule has 108 heavy (non-hydrogen) atoms. The van der Waals surface area contributed by atoms with E-state index in [4.69, 9.17) is 8.83 Å². The molecule has 20 rings (SSSR count). The number of hydrogen-bond donors (Lipinski definition) is 5. The first-order chi connectivity index (χ1) is 52.0. The smallest absolute Gasteiger partial charge is 0.336 e. The summed E-state index contributed by atoms with van der Waals surface area (Å²) >= 11 is 0. The molecule has 5 N–H and O–H groups in total. The summed E-state index contributed by atoms with van der Waals surface area (Å²) in [6.07, 6.45) is 0. The Hall–Kier alpha value is -14.5. The summed E-state index contributed by atoms with van der Waals surface area (Å²) < 4.78 is 13.3. The van der Waals surface area contributed by atoms with Gasteiger partial charge in [-0.1, -0.05) is 167 Å². The van der Waals surface area contributed by atoms with E-state index in [1.807, 2.05) is 97.1 Å². The first kappa shape index (κ1) is 66.7. The lowest BCUT2D eigenvalue weighted by Crippen LogP contribution is -2.70. The van der Waals surface area contributed by atoms with Crippen LogP contribution in [0.1, 0.15) is 35.6 Å². The lowest BCUT2D eigenvalue weighted by atomic mass is 9.90. The molecule has 0 saturated carbocycles. The number of benzene rings is 18. The molecule has 516 valence electrons. The van der Waals surface area contributed by atoms with Crippen molar-refractivity contribution in [2.24, 2.45) is 0 Å². The number of anilines is 4. The number of rotatable bonds is 10. The second-order valence-electron chi connectivity index (χ2n) is 27.0. The monoisotopic (exact) mass is 1400 g/mol. The van der Waals surface area contributed by atoms with Gasteiger partial charge in [-0.25, -0.2) is 14.8 Å². The average Bonchev–Trinajstić information content (AvgIpc) is 0.752. The lowest BCUT2D eigenvalue weighted by molar-refractivity contribution is -0.402. The summed E-state index contributed by atoms with van der Waals surface area (Å²) in [6.45, 7) is 0. The van der Waals surface area contributed by atoms with Gasteiger partial charge in [-0.05, 0) is 225 Å². The minimum atomic E-state index is -1.23. The van der Waals surface area contributed by atoms with Crippen LogP contribution in [0.25, 0.3) is 153 Å². The predicted molar refractivity (Wildman–Crippen MR) is 441 cm³/mol. The van der Waals surface area contributed by atoms with Crippen molar-refractivity contribution >= 4 is 154 Å². The number of carbonyl (C=O) groups excluding carboxylic acids is 1. The molecular weight excluding hydrogens is 1330 g/mol. The molecule has 0 radical (unpaired) electrons. The number of carboxylic acid groups (broad SMARTS) is 2. The molecule has 10 nitrogen and oxygen atoms in total. The predicted octanol–water partition coefficient (Wildman–Crippen LogP) is 21.1. The molecule has 0 atom stereocenters. The maximum Gasteiger partial charge on any atom is 0.336 e. The summed E-state index contributed by atoms with van der Waals surface area (Å²) in [4.78, 5) is 32.0. The third-order valence-corrected chi connectivity index (χ3v) is 20.3. The maximum absolute atomic E-state index is 12.5. The van der Waals surface area contributed by atoms with Crippen molar-refractivity contribution in [3.8, 4) is 44.9 Å². The molecule has 4 aliphatic rings. The molecular formula is C98H69N4O6+. The van der Waals surface area contributed by atoms with Crippen LogP contribution in [-0.2, 0) is 0 Å². The van der Waals surface area contributed by atoms with Crippen molar-refractivity contribution in [2.75, 3.05) is 10.6 Å². The number of carboxylic acids is 2. The van der Waals surface area contributed by atoms with Crippen LogP contribution < -0.4 is 36.4 Å². The van der Waals surface area contributed by atoms with Crippen molar-refractivity contribution in [3.05, 3.63) is 362 Å². The van der Waals surface area contributed by atoms with Crippen LogP contribution in [0.15, 0.2) is 349 Å². The number of hydrogen-bond acceptors (Lipinski definition) is 7. The first-order valence-corrected chi connectivity index (χ1v) is 35.1. The Labute approximate surface area is 621 Å². The summed E-state index contributed by atoms with van der Waals surface area (Å²) in [5.41, 5.74) is 11.5. The molecule has 0 unspecified atom stereocenters. The highest BCUT2D eigenvalue weighted by atomic mass is 16.4. The normalized spacial score (nSPS) is 11.8. The Kier molecular flexibility index (Phi) is 17.1. The van der Waals surface area contributed by atoms with Gasteiger partial charge in [0, 0.05) is 110 Å². The van der Waals surface area contributed by atoms with Gasteiger partial charge >= 0.3 is 5.97 Å². The van der Waals surface area contributed by atoms with E-state index >= 15 is 0 Å². The van der Waals surface area contributed by atoms with E-state index in [0.29, 0.717) is 33.8 Å². The van der Waals surface area contributed by atoms with Crippen LogP contribution in [0.5, 0.6) is 0 Å². The number of carbonyl (C=O) groups is 2. The second-order valence-corrected chi connectivity index (χ2v) is 27.0. The van der Waals surface area contributed by atoms with Crippen LogP contribution in [0, 0.1) is 0 Å². The average molecular weight is 1400 g/mol. The molecule has 0 spiro atoms. The zero-order valence-electron chi connectivity index (χ0n) is 56.8. The van der Waals surface area contributed by atoms with E-state index in [1.165, 1.54) is 64.6 Å². The Balaban J connectivity index is 0.000000155. The topological polar surface area (TPSA) is 156 Å². The van der Waals surface area contributed by atoms with E-state index in [-0.39, 0.29) is 26.0 Å². The van der Waals surface area contributed by atoms with E-state index < -0.39 is 11.9 Å². The van der Waals surface area contributed by atoms with Gasteiger partial charge in [0.15, 0.2) is 0 Å². The van der Waals surface area contributed by atoms with Crippen molar-refractivity contribution in [3.63, 3.8) is 0 Å². The zero-order chi connectivity index (χ0) is 70.9. The largest absolute Gasteiger partial charge is 0.545 e. The Morgan fingerprint density at radius 1 is 0.287 bits per heavy atom. The molecule has 2 aliphatic heterocycles. The molecule has 0 fully saturated rings. The van der Waals surface area contributed by atoms with Crippen LogP contribution in [0.4, 0.5) is 34.1 Å². The number of fused-ring (bicyclic) bond motifs is 12. The Bertz CT molecular complexity index is 6710. The third kappa shape index (κ3) is 12.6. The molecule has 16 aromatic rings. The summed E-state index contributed by atoms with van der Waals surface area (Å²) in [7, 11) is 0. The van der Waals surface area contributed by atoms with E-state index in [2.05, 4.69) is 239 Å². The number of nitrogens with one attached hydrogen (secondary N) is 4. The van der Waals surface area contributed by atoms with Crippen LogP contribution >= 0.6 is 0 Å². The van der Waals surface area contributed by atoms with Crippen molar-refractivity contribution in [1.82, 2.24) is 0 Å². The molecule has 0 aromatic heterocycles. The maximum atomic E-state index is 12.5. The molecule has 2 heterocycles. The van der Waals surface area contributed by atoms with Crippen LogP contribution in [0.2, 0.25) is 0 Å². The molecule has 2 aliphatic carbocycles. The Morgan fingerprint density at radius 3 is 0.972 bits per heavy atom. The van der Waals surface area contributed by atoms with Crippen molar-refractivity contribution < 1.29 is 38.6 Å². The fourth-order valence-electron chi connectivity index (χ4n) is 15.2. The molecule has 16 aromatic carbocycles. The quantitative estimate of drug-likeness (QED) is 0.0848. The summed E-state index contributed by atoms with van der Waals surface area (Å²) in [5.74, 6) is -0.953.